The summed E-state index contributed by atoms with van der Waals surface area (Å²) in [7, 11) is 0. The molecule has 1 aromatic heterocycles. The number of benzene rings is 1. The van der Waals surface area contributed by atoms with Gasteiger partial charge in [0.05, 0.1) is 11.8 Å². The predicted molar refractivity (Wildman–Crippen MR) is 77.1 cm³/mol. The summed E-state index contributed by atoms with van der Waals surface area (Å²) in [5.41, 5.74) is 2.98. The molecular weight excluding hydrogens is 250 g/mol. The van der Waals surface area contributed by atoms with Gasteiger partial charge in [-0.05, 0) is 11.6 Å². The first-order chi connectivity index (χ1) is 9.75. The molecule has 2 heterocycles. The molecule has 4 heteroatoms. The Hall–Kier alpha value is -2.49. The zero-order valence-corrected chi connectivity index (χ0v) is 11.2. The van der Waals surface area contributed by atoms with Crippen LogP contribution in [0.5, 0.6) is 0 Å². The first kappa shape index (κ1) is 12.5. The van der Waals surface area contributed by atoms with Gasteiger partial charge in [-0.3, -0.25) is 9.78 Å². The quantitative estimate of drug-likeness (QED) is 0.838. The van der Waals surface area contributed by atoms with Gasteiger partial charge in [-0.25, -0.2) is 5.01 Å². The highest BCUT2D eigenvalue weighted by atomic mass is 16.2. The minimum absolute atomic E-state index is 0.0242. The Morgan fingerprint density at radius 2 is 2.00 bits per heavy atom. The summed E-state index contributed by atoms with van der Waals surface area (Å²) in [6.45, 7) is 1.55. The molecule has 20 heavy (non-hydrogen) atoms. The maximum Gasteiger partial charge on any atom is 0.240 e. The summed E-state index contributed by atoms with van der Waals surface area (Å²) < 4.78 is 0. The first-order valence-electron chi connectivity index (χ1n) is 6.58. The number of nitrogens with zero attached hydrogens (tertiary/aromatic N) is 3. The normalized spacial score (nSPS) is 17.9. The lowest BCUT2D eigenvalue weighted by molar-refractivity contribution is -0.130. The van der Waals surface area contributed by atoms with Crippen molar-refractivity contribution < 1.29 is 4.79 Å². The summed E-state index contributed by atoms with van der Waals surface area (Å²) in [6.07, 6.45) is 4.23. The van der Waals surface area contributed by atoms with Crippen LogP contribution >= 0.6 is 0 Å². The molecule has 1 unspecified atom stereocenters. The van der Waals surface area contributed by atoms with E-state index in [-0.39, 0.29) is 11.9 Å². The van der Waals surface area contributed by atoms with E-state index in [0.29, 0.717) is 0 Å². The summed E-state index contributed by atoms with van der Waals surface area (Å²) in [4.78, 5) is 15.9. The van der Waals surface area contributed by atoms with Crippen LogP contribution in [0.3, 0.4) is 0 Å². The Morgan fingerprint density at radius 3 is 2.65 bits per heavy atom. The van der Waals surface area contributed by atoms with E-state index in [2.05, 4.69) is 10.1 Å². The van der Waals surface area contributed by atoms with E-state index in [4.69, 9.17) is 0 Å². The van der Waals surface area contributed by atoms with E-state index in [1.807, 2.05) is 42.5 Å². The molecular formula is C16H15N3O. The lowest BCUT2D eigenvalue weighted by atomic mass is 9.99. The van der Waals surface area contributed by atoms with E-state index in [0.717, 1.165) is 23.3 Å². The van der Waals surface area contributed by atoms with Crippen LogP contribution < -0.4 is 0 Å². The van der Waals surface area contributed by atoms with Gasteiger partial charge in [0.1, 0.15) is 0 Å². The monoisotopic (exact) mass is 265 g/mol. The SMILES string of the molecule is CC(=O)N1N=C(c2cccnc2)CC1c1ccccc1. The van der Waals surface area contributed by atoms with Crippen LogP contribution in [-0.2, 0) is 4.79 Å². The molecule has 0 saturated carbocycles. The number of hydrogen-bond acceptors (Lipinski definition) is 3. The maximum atomic E-state index is 11.8. The molecule has 3 rings (SSSR count). The highest BCUT2D eigenvalue weighted by molar-refractivity contribution is 6.02. The molecule has 0 bridgehead atoms. The first-order valence-corrected chi connectivity index (χ1v) is 6.58. The highest BCUT2D eigenvalue weighted by Gasteiger charge is 2.31. The number of carbonyl (C=O) groups is 1. The third kappa shape index (κ3) is 2.32. The number of amides is 1. The molecule has 2 aromatic rings. The van der Waals surface area contributed by atoms with Gasteiger partial charge in [0.2, 0.25) is 5.91 Å². The summed E-state index contributed by atoms with van der Waals surface area (Å²) in [6, 6.07) is 13.8. The smallest absolute Gasteiger partial charge is 0.240 e. The van der Waals surface area contributed by atoms with Crippen LogP contribution in [0.15, 0.2) is 60.0 Å². The van der Waals surface area contributed by atoms with Crippen molar-refractivity contribution in [2.24, 2.45) is 5.10 Å². The average molecular weight is 265 g/mol. The van der Waals surface area contributed by atoms with Gasteiger partial charge < -0.3 is 0 Å². The second kappa shape index (κ2) is 5.25. The van der Waals surface area contributed by atoms with Gasteiger partial charge in [-0.15, -0.1) is 0 Å². The summed E-state index contributed by atoms with van der Waals surface area (Å²) in [5.74, 6) is -0.0438. The third-order valence-corrected chi connectivity index (χ3v) is 3.41. The van der Waals surface area contributed by atoms with Crippen LogP contribution in [0, 0.1) is 0 Å². The Kier molecular flexibility index (Phi) is 3.29. The fraction of sp³-hybridized carbons (Fsp3) is 0.188. The lowest BCUT2D eigenvalue weighted by Crippen LogP contribution is -2.24. The minimum atomic E-state index is -0.0438. The minimum Gasteiger partial charge on any atom is -0.273 e. The molecule has 1 aromatic carbocycles. The van der Waals surface area contributed by atoms with Crippen molar-refractivity contribution in [2.45, 2.75) is 19.4 Å². The summed E-state index contributed by atoms with van der Waals surface area (Å²) >= 11 is 0. The van der Waals surface area contributed by atoms with Crippen molar-refractivity contribution in [2.75, 3.05) is 0 Å². The third-order valence-electron chi connectivity index (χ3n) is 3.41. The number of hydrazone groups is 1. The van der Waals surface area contributed by atoms with E-state index >= 15 is 0 Å². The number of hydrogen-bond donors (Lipinski definition) is 0. The molecule has 1 atom stereocenters. The zero-order valence-electron chi connectivity index (χ0n) is 11.2. The van der Waals surface area contributed by atoms with Crippen LogP contribution in [0.1, 0.15) is 30.5 Å². The fourth-order valence-electron chi connectivity index (χ4n) is 2.44. The molecule has 0 N–H and O–H groups in total. The molecule has 0 fully saturated rings. The zero-order chi connectivity index (χ0) is 13.9. The van der Waals surface area contributed by atoms with Crippen LogP contribution in [0.2, 0.25) is 0 Å². The van der Waals surface area contributed by atoms with Crippen LogP contribution in [0.4, 0.5) is 0 Å². The topological polar surface area (TPSA) is 45.6 Å². The Bertz CT molecular complexity index is 637. The van der Waals surface area contributed by atoms with Gasteiger partial charge in [0.25, 0.3) is 0 Å². The van der Waals surface area contributed by atoms with Crippen molar-refractivity contribution in [3.8, 4) is 0 Å². The number of rotatable bonds is 2. The number of aromatic nitrogens is 1. The molecule has 0 spiro atoms. The molecule has 1 aliphatic rings. The number of pyridine rings is 1. The highest BCUT2D eigenvalue weighted by Crippen LogP contribution is 2.32. The van der Waals surface area contributed by atoms with Crippen LogP contribution in [-0.4, -0.2) is 21.6 Å². The lowest BCUT2D eigenvalue weighted by Gasteiger charge is -2.20. The van der Waals surface area contributed by atoms with E-state index in [1.54, 1.807) is 24.3 Å². The number of carbonyl (C=O) groups excluding carboxylic acids is 1. The average Bonchev–Trinajstić information content (AvgIpc) is 2.94. The Morgan fingerprint density at radius 1 is 1.20 bits per heavy atom. The van der Waals surface area contributed by atoms with Gasteiger partial charge in [-0.2, -0.15) is 5.10 Å². The van der Waals surface area contributed by atoms with E-state index in [9.17, 15) is 4.79 Å². The molecule has 1 amide bonds. The predicted octanol–water partition coefficient (Wildman–Crippen LogP) is 2.78. The second-order valence-electron chi connectivity index (χ2n) is 4.78. The molecule has 0 radical (unpaired) electrons. The van der Waals surface area contributed by atoms with E-state index < -0.39 is 0 Å². The van der Waals surface area contributed by atoms with Gasteiger partial charge in [0, 0.05) is 31.3 Å². The molecule has 0 aliphatic carbocycles. The molecule has 100 valence electrons. The van der Waals surface area contributed by atoms with Crippen molar-refractivity contribution in [3.05, 3.63) is 66.0 Å². The molecule has 4 nitrogen and oxygen atoms in total. The van der Waals surface area contributed by atoms with Gasteiger partial charge >= 0.3 is 0 Å². The van der Waals surface area contributed by atoms with Crippen molar-refractivity contribution in [1.29, 1.82) is 0 Å². The van der Waals surface area contributed by atoms with Crippen molar-refractivity contribution in [1.82, 2.24) is 9.99 Å². The molecule has 1 aliphatic heterocycles. The van der Waals surface area contributed by atoms with Crippen LogP contribution in [0.25, 0.3) is 0 Å². The summed E-state index contributed by atoms with van der Waals surface area (Å²) in [5, 5.41) is 6.04. The Balaban J connectivity index is 1.94. The van der Waals surface area contributed by atoms with Gasteiger partial charge in [-0.1, -0.05) is 36.4 Å². The standard InChI is InChI=1S/C16H15N3O/c1-12(20)19-16(13-6-3-2-4-7-13)10-15(18-19)14-8-5-9-17-11-14/h2-9,11,16H,10H2,1H3. The largest absolute Gasteiger partial charge is 0.273 e. The van der Waals surface area contributed by atoms with Crippen molar-refractivity contribution in [3.63, 3.8) is 0 Å². The maximum absolute atomic E-state index is 11.8. The Labute approximate surface area is 117 Å². The second-order valence-corrected chi connectivity index (χ2v) is 4.78. The molecule has 0 saturated heterocycles. The van der Waals surface area contributed by atoms with Crippen molar-refractivity contribution >= 4 is 11.6 Å². The fourth-order valence-corrected chi connectivity index (χ4v) is 2.44. The van der Waals surface area contributed by atoms with Gasteiger partial charge in [0.15, 0.2) is 0 Å². The van der Waals surface area contributed by atoms with E-state index in [1.165, 1.54) is 0 Å².